The molecule has 0 radical (unpaired) electrons. The van der Waals surface area contributed by atoms with E-state index in [1.807, 2.05) is 11.0 Å². The van der Waals surface area contributed by atoms with Crippen LogP contribution in [0, 0.1) is 0 Å². The van der Waals surface area contributed by atoms with Crippen molar-refractivity contribution in [3.8, 4) is 11.6 Å². The van der Waals surface area contributed by atoms with Crippen LogP contribution in [0.1, 0.15) is 11.3 Å². The molecular weight excluding hydrogens is 482 g/mol. The minimum Gasteiger partial charge on any atom is -0.438 e. The molecule has 1 aromatic carbocycles. The van der Waals surface area contributed by atoms with Gasteiger partial charge < -0.3 is 25.3 Å². The molecule has 1 fully saturated rings. The Morgan fingerprint density at radius 2 is 1.88 bits per heavy atom. The molecule has 0 saturated carbocycles. The number of nitrogens with one attached hydrogen (secondary N) is 1. The minimum atomic E-state index is -4.61. The van der Waals surface area contributed by atoms with Gasteiger partial charge in [-0.2, -0.15) is 13.2 Å². The SMILES string of the molecule is Cl.Cl.NCc1cc(Oc2cccc3c2ccn3CC(=O)N2CCNCC2)nc(C(F)(F)F)c1. The smallest absolute Gasteiger partial charge is 0.433 e. The van der Waals surface area contributed by atoms with E-state index in [9.17, 15) is 18.0 Å². The molecule has 33 heavy (non-hydrogen) atoms. The summed E-state index contributed by atoms with van der Waals surface area (Å²) in [6, 6.07) is 9.27. The van der Waals surface area contributed by atoms with E-state index < -0.39 is 11.9 Å². The Morgan fingerprint density at radius 1 is 1.15 bits per heavy atom. The van der Waals surface area contributed by atoms with E-state index in [-0.39, 0.29) is 55.3 Å². The number of piperazine rings is 1. The van der Waals surface area contributed by atoms with Crippen LogP contribution in [0.5, 0.6) is 11.6 Å². The molecule has 1 saturated heterocycles. The number of benzene rings is 1. The zero-order chi connectivity index (χ0) is 22.0. The molecule has 3 N–H and O–H groups in total. The maximum atomic E-state index is 13.2. The summed E-state index contributed by atoms with van der Waals surface area (Å²) in [6.07, 6.45) is -2.84. The van der Waals surface area contributed by atoms with Crippen LogP contribution in [0.15, 0.2) is 42.6 Å². The van der Waals surface area contributed by atoms with E-state index in [0.29, 0.717) is 24.2 Å². The standard InChI is InChI=1S/C21H22F3N5O2.2ClH/c22-21(23,24)18-10-14(12-25)11-19(27-18)31-17-3-1-2-16-15(17)4-7-29(16)13-20(30)28-8-5-26-6-9-28;;/h1-4,7,10-11,26H,5-6,8-9,12-13,25H2;2*1H. The molecule has 3 aromatic rings. The monoisotopic (exact) mass is 505 g/mol. The molecule has 3 heterocycles. The molecule has 7 nitrogen and oxygen atoms in total. The Bertz CT molecular complexity index is 1100. The second kappa shape index (κ2) is 11.1. The normalized spacial score (nSPS) is 13.9. The highest BCUT2D eigenvalue weighted by molar-refractivity contribution is 5.88. The van der Waals surface area contributed by atoms with Gasteiger partial charge in [0.1, 0.15) is 18.0 Å². The third-order valence-corrected chi connectivity index (χ3v) is 5.15. The van der Waals surface area contributed by atoms with Crippen molar-refractivity contribution in [3.05, 3.63) is 53.9 Å². The number of alkyl halides is 3. The number of nitrogens with two attached hydrogens (primary N) is 1. The Morgan fingerprint density at radius 3 is 2.55 bits per heavy atom. The van der Waals surface area contributed by atoms with Crippen LogP contribution in [-0.2, 0) is 24.1 Å². The van der Waals surface area contributed by atoms with Crippen LogP contribution in [0.2, 0.25) is 0 Å². The van der Waals surface area contributed by atoms with Crippen molar-refractivity contribution >= 4 is 41.6 Å². The second-order valence-corrected chi connectivity index (χ2v) is 7.27. The predicted molar refractivity (Wildman–Crippen MR) is 123 cm³/mol. The number of carbonyl (C=O) groups excluding carboxylic acids is 1. The third-order valence-electron chi connectivity index (χ3n) is 5.15. The first kappa shape index (κ1) is 26.7. The van der Waals surface area contributed by atoms with Gasteiger partial charge in [0, 0.05) is 50.4 Å². The summed E-state index contributed by atoms with van der Waals surface area (Å²) in [5.41, 5.74) is 5.48. The van der Waals surface area contributed by atoms with E-state index in [0.717, 1.165) is 24.7 Å². The van der Waals surface area contributed by atoms with Gasteiger partial charge in [0.25, 0.3) is 0 Å². The Balaban J connectivity index is 0.00000193. The molecule has 1 aliphatic heterocycles. The van der Waals surface area contributed by atoms with Crippen molar-refractivity contribution in [3.63, 3.8) is 0 Å². The van der Waals surface area contributed by atoms with Crippen molar-refractivity contribution in [2.45, 2.75) is 19.3 Å². The quantitative estimate of drug-likeness (QED) is 0.553. The van der Waals surface area contributed by atoms with Gasteiger partial charge in [-0.15, -0.1) is 24.8 Å². The fourth-order valence-electron chi connectivity index (χ4n) is 3.57. The number of ether oxygens (including phenoxy) is 1. The van der Waals surface area contributed by atoms with Gasteiger partial charge in [0.15, 0.2) is 0 Å². The Kier molecular flexibility index (Phi) is 8.96. The van der Waals surface area contributed by atoms with Crippen molar-refractivity contribution in [1.82, 2.24) is 19.8 Å². The zero-order valence-corrected chi connectivity index (χ0v) is 19.1. The summed E-state index contributed by atoms with van der Waals surface area (Å²) in [5.74, 6) is 0.172. The lowest BCUT2D eigenvalue weighted by atomic mass is 10.2. The molecule has 0 aliphatic carbocycles. The Hall–Kier alpha value is -2.53. The number of pyridine rings is 1. The molecule has 0 atom stereocenters. The second-order valence-electron chi connectivity index (χ2n) is 7.27. The van der Waals surface area contributed by atoms with Crippen LogP contribution in [0.25, 0.3) is 10.9 Å². The molecule has 0 spiro atoms. The number of aromatic nitrogens is 2. The summed E-state index contributed by atoms with van der Waals surface area (Å²) < 4.78 is 47.0. The van der Waals surface area contributed by atoms with Gasteiger partial charge in [-0.3, -0.25) is 4.79 Å². The largest absolute Gasteiger partial charge is 0.438 e. The molecule has 0 unspecified atom stereocenters. The van der Waals surface area contributed by atoms with E-state index in [1.54, 1.807) is 29.0 Å². The van der Waals surface area contributed by atoms with Gasteiger partial charge in [0.2, 0.25) is 11.8 Å². The highest BCUT2D eigenvalue weighted by atomic mass is 35.5. The number of nitrogens with zero attached hydrogens (tertiary/aromatic N) is 3. The van der Waals surface area contributed by atoms with Crippen molar-refractivity contribution in [2.24, 2.45) is 5.73 Å². The molecule has 12 heteroatoms. The number of hydrogen-bond donors (Lipinski definition) is 2. The first-order valence-electron chi connectivity index (χ1n) is 9.87. The molecule has 4 rings (SSSR count). The summed E-state index contributed by atoms with van der Waals surface area (Å²) >= 11 is 0. The maximum absolute atomic E-state index is 13.2. The lowest BCUT2D eigenvalue weighted by Crippen LogP contribution is -2.47. The first-order chi connectivity index (χ1) is 14.8. The highest BCUT2D eigenvalue weighted by Crippen LogP contribution is 2.33. The van der Waals surface area contributed by atoms with E-state index in [4.69, 9.17) is 10.5 Å². The summed E-state index contributed by atoms with van der Waals surface area (Å²) in [6.45, 7) is 2.97. The van der Waals surface area contributed by atoms with Crippen molar-refractivity contribution in [1.29, 1.82) is 0 Å². The van der Waals surface area contributed by atoms with Gasteiger partial charge >= 0.3 is 6.18 Å². The fraction of sp³-hybridized carbons (Fsp3) is 0.333. The van der Waals surface area contributed by atoms with Gasteiger partial charge in [0.05, 0.1) is 5.52 Å². The molecule has 1 amide bonds. The summed E-state index contributed by atoms with van der Waals surface area (Å²) in [4.78, 5) is 18.0. The fourth-order valence-corrected chi connectivity index (χ4v) is 3.57. The third kappa shape index (κ3) is 6.08. The molecule has 2 aromatic heterocycles. The number of halogens is 5. The highest BCUT2D eigenvalue weighted by Gasteiger charge is 2.33. The summed E-state index contributed by atoms with van der Waals surface area (Å²) in [7, 11) is 0. The number of carbonyl (C=O) groups is 1. The number of amides is 1. The maximum Gasteiger partial charge on any atom is 0.433 e. The predicted octanol–water partition coefficient (Wildman–Crippen LogP) is 3.58. The zero-order valence-electron chi connectivity index (χ0n) is 17.5. The number of fused-ring (bicyclic) bond motifs is 1. The van der Waals surface area contributed by atoms with E-state index in [1.165, 1.54) is 6.07 Å². The number of hydrogen-bond acceptors (Lipinski definition) is 5. The molecule has 1 aliphatic rings. The Labute approximate surface area is 200 Å². The van der Waals surface area contributed by atoms with Crippen LogP contribution in [0.3, 0.4) is 0 Å². The lowest BCUT2D eigenvalue weighted by Gasteiger charge is -2.27. The van der Waals surface area contributed by atoms with Crippen molar-refractivity contribution in [2.75, 3.05) is 26.2 Å². The summed E-state index contributed by atoms with van der Waals surface area (Å²) in [5, 5.41) is 3.88. The van der Waals surface area contributed by atoms with E-state index in [2.05, 4.69) is 10.3 Å². The minimum absolute atomic E-state index is 0. The molecule has 180 valence electrons. The molecule has 0 bridgehead atoms. The molecular formula is C21H24Cl2F3N5O2. The van der Waals surface area contributed by atoms with Crippen LogP contribution in [-0.4, -0.2) is 46.5 Å². The first-order valence-corrected chi connectivity index (χ1v) is 9.87. The average Bonchev–Trinajstić information content (AvgIpc) is 3.17. The van der Waals surface area contributed by atoms with Crippen LogP contribution >= 0.6 is 24.8 Å². The van der Waals surface area contributed by atoms with Crippen LogP contribution < -0.4 is 15.8 Å². The van der Waals surface area contributed by atoms with Gasteiger partial charge in [-0.1, -0.05) is 6.07 Å². The van der Waals surface area contributed by atoms with Gasteiger partial charge in [-0.25, -0.2) is 4.98 Å². The van der Waals surface area contributed by atoms with Crippen LogP contribution in [0.4, 0.5) is 13.2 Å². The van der Waals surface area contributed by atoms with E-state index >= 15 is 0 Å². The lowest BCUT2D eigenvalue weighted by molar-refractivity contribution is -0.141. The average molecular weight is 506 g/mol. The topological polar surface area (TPSA) is 85.4 Å². The van der Waals surface area contributed by atoms with Crippen molar-refractivity contribution < 1.29 is 22.7 Å². The van der Waals surface area contributed by atoms with Gasteiger partial charge in [-0.05, 0) is 29.8 Å². The number of rotatable bonds is 5.